The second-order valence-electron chi connectivity index (χ2n) is 3.87. The van der Waals surface area contributed by atoms with Crippen LogP contribution in [0.4, 0.5) is 5.69 Å². The van der Waals surface area contributed by atoms with E-state index >= 15 is 0 Å². The summed E-state index contributed by atoms with van der Waals surface area (Å²) in [6.45, 7) is 3.74. The van der Waals surface area contributed by atoms with Crippen molar-refractivity contribution in [1.29, 1.82) is 0 Å². The lowest BCUT2D eigenvalue weighted by molar-refractivity contribution is 0.107. The largest absolute Gasteiger partial charge is 0.494 e. The van der Waals surface area contributed by atoms with E-state index in [9.17, 15) is 0 Å². The van der Waals surface area contributed by atoms with Gasteiger partial charge in [0, 0.05) is 16.1 Å². The van der Waals surface area contributed by atoms with Crippen LogP contribution in [0, 0.1) is 0 Å². The summed E-state index contributed by atoms with van der Waals surface area (Å²) in [6, 6.07) is 9.72. The van der Waals surface area contributed by atoms with Gasteiger partial charge < -0.3 is 15.2 Å². The Balaban J connectivity index is 1.96. The van der Waals surface area contributed by atoms with Gasteiger partial charge in [0.15, 0.2) is 0 Å². The van der Waals surface area contributed by atoms with Crippen LogP contribution < -0.4 is 10.5 Å². The first kappa shape index (κ1) is 12.9. The number of nitrogens with two attached hydrogens (primary N) is 1. The van der Waals surface area contributed by atoms with Crippen molar-refractivity contribution < 1.29 is 9.47 Å². The van der Waals surface area contributed by atoms with Crippen molar-refractivity contribution >= 4 is 17.0 Å². The van der Waals surface area contributed by atoms with Gasteiger partial charge in [-0.25, -0.2) is 0 Å². The van der Waals surface area contributed by atoms with Crippen LogP contribution in [0.1, 0.15) is 17.4 Å². The third kappa shape index (κ3) is 3.48. The highest BCUT2D eigenvalue weighted by molar-refractivity contribution is 7.09. The number of hydrogen-bond donors (Lipinski definition) is 1. The molecule has 2 N–H and O–H groups in total. The lowest BCUT2D eigenvalue weighted by atomic mass is 10.2. The first-order chi connectivity index (χ1) is 8.79. The molecule has 0 radical (unpaired) electrons. The summed E-state index contributed by atoms with van der Waals surface area (Å²) >= 11 is 1.69. The molecule has 0 bridgehead atoms. The van der Waals surface area contributed by atoms with Crippen LogP contribution in [-0.2, 0) is 18.0 Å². The minimum absolute atomic E-state index is 0.512. The topological polar surface area (TPSA) is 44.5 Å². The number of rotatable bonds is 6. The molecule has 0 amide bonds. The normalized spacial score (nSPS) is 10.5. The molecule has 0 fully saturated rings. The van der Waals surface area contributed by atoms with E-state index in [1.165, 1.54) is 4.88 Å². The van der Waals surface area contributed by atoms with E-state index in [2.05, 4.69) is 6.07 Å². The molecule has 0 spiro atoms. The minimum atomic E-state index is 0.512. The fourth-order valence-corrected chi connectivity index (χ4v) is 2.31. The summed E-state index contributed by atoms with van der Waals surface area (Å²) in [5.74, 6) is 0.845. The van der Waals surface area contributed by atoms with Crippen LogP contribution in [0.2, 0.25) is 0 Å². The van der Waals surface area contributed by atoms with Gasteiger partial charge in [0.25, 0.3) is 0 Å². The van der Waals surface area contributed by atoms with Gasteiger partial charge >= 0.3 is 0 Å². The lowest BCUT2D eigenvalue weighted by Gasteiger charge is -2.11. The quantitative estimate of drug-likeness (QED) is 0.812. The number of thiophene rings is 1. The number of ether oxygens (including phenoxy) is 2. The summed E-state index contributed by atoms with van der Waals surface area (Å²) in [5, 5.41) is 2.05. The molecule has 0 atom stereocenters. The highest BCUT2D eigenvalue weighted by atomic mass is 32.1. The van der Waals surface area contributed by atoms with Crippen LogP contribution in [0.25, 0.3) is 0 Å². The fraction of sp³-hybridized carbons (Fsp3) is 0.286. The lowest BCUT2D eigenvalue weighted by Crippen LogP contribution is -2.00. The summed E-state index contributed by atoms with van der Waals surface area (Å²) in [6.07, 6.45) is 0. The average molecular weight is 263 g/mol. The third-order valence-electron chi connectivity index (χ3n) is 2.47. The molecule has 1 aromatic carbocycles. The summed E-state index contributed by atoms with van der Waals surface area (Å²) in [4.78, 5) is 1.22. The van der Waals surface area contributed by atoms with Crippen LogP contribution in [0.15, 0.2) is 35.7 Å². The van der Waals surface area contributed by atoms with Crippen LogP contribution in [0.5, 0.6) is 5.75 Å². The first-order valence-electron chi connectivity index (χ1n) is 5.91. The van der Waals surface area contributed by atoms with E-state index in [0.717, 1.165) is 17.0 Å². The number of anilines is 1. The van der Waals surface area contributed by atoms with Crippen molar-refractivity contribution in [3.63, 3.8) is 0 Å². The molecule has 3 nitrogen and oxygen atoms in total. The second-order valence-corrected chi connectivity index (χ2v) is 4.90. The predicted octanol–water partition coefficient (Wildman–Crippen LogP) is 3.45. The number of hydrogen-bond acceptors (Lipinski definition) is 4. The van der Waals surface area contributed by atoms with Gasteiger partial charge in [-0.3, -0.25) is 0 Å². The molecule has 2 rings (SSSR count). The van der Waals surface area contributed by atoms with Gasteiger partial charge in [0.2, 0.25) is 0 Å². The fourth-order valence-electron chi connectivity index (χ4n) is 1.66. The molecule has 1 aromatic heterocycles. The number of benzene rings is 1. The summed E-state index contributed by atoms with van der Waals surface area (Å²) in [7, 11) is 0. The molecule has 2 aromatic rings. The van der Waals surface area contributed by atoms with E-state index in [1.807, 2.05) is 36.6 Å². The summed E-state index contributed by atoms with van der Waals surface area (Å²) < 4.78 is 11.2. The van der Waals surface area contributed by atoms with Gasteiger partial charge in [-0.1, -0.05) is 6.07 Å². The van der Waals surface area contributed by atoms with Crippen molar-refractivity contribution in [3.8, 4) is 5.75 Å². The molecule has 4 heteroatoms. The Hall–Kier alpha value is -1.52. The smallest absolute Gasteiger partial charge is 0.124 e. The van der Waals surface area contributed by atoms with E-state index in [4.69, 9.17) is 15.2 Å². The zero-order chi connectivity index (χ0) is 12.8. The van der Waals surface area contributed by atoms with Crippen LogP contribution in [-0.4, -0.2) is 6.61 Å². The molecule has 0 aliphatic heterocycles. The summed E-state index contributed by atoms with van der Waals surface area (Å²) in [5.41, 5.74) is 7.50. The Labute approximate surface area is 111 Å². The maximum Gasteiger partial charge on any atom is 0.124 e. The van der Waals surface area contributed by atoms with Gasteiger partial charge in [0.05, 0.1) is 19.8 Å². The third-order valence-corrected chi connectivity index (χ3v) is 3.32. The maximum absolute atomic E-state index is 5.78. The van der Waals surface area contributed by atoms with E-state index < -0.39 is 0 Å². The Morgan fingerprint density at radius 2 is 2.11 bits per heavy atom. The standard InChI is InChI=1S/C14H17NO2S/c1-2-17-14-6-5-12(15)8-11(14)9-16-10-13-4-3-7-18-13/h3-8H,2,9-10,15H2,1H3. The molecule has 96 valence electrons. The predicted molar refractivity (Wildman–Crippen MR) is 74.8 cm³/mol. The zero-order valence-corrected chi connectivity index (χ0v) is 11.2. The van der Waals surface area contributed by atoms with Crippen LogP contribution >= 0.6 is 11.3 Å². The number of nitrogen functional groups attached to an aromatic ring is 1. The second kappa shape index (κ2) is 6.42. The molecule has 0 unspecified atom stereocenters. The van der Waals surface area contributed by atoms with Gasteiger partial charge in [-0.15, -0.1) is 11.3 Å². The Morgan fingerprint density at radius 1 is 1.22 bits per heavy atom. The maximum atomic E-state index is 5.78. The molecule has 0 aliphatic rings. The van der Waals surface area contributed by atoms with Gasteiger partial charge in [0.1, 0.15) is 5.75 Å². The van der Waals surface area contributed by atoms with Crippen molar-refractivity contribution in [2.24, 2.45) is 0 Å². The Kier molecular flexibility index (Phi) is 4.61. The molecular weight excluding hydrogens is 246 g/mol. The van der Waals surface area contributed by atoms with Crippen LogP contribution in [0.3, 0.4) is 0 Å². The van der Waals surface area contributed by atoms with E-state index in [1.54, 1.807) is 11.3 Å². The zero-order valence-electron chi connectivity index (χ0n) is 10.4. The van der Waals surface area contributed by atoms with Gasteiger partial charge in [-0.05, 0) is 36.6 Å². The molecule has 0 saturated heterocycles. The highest BCUT2D eigenvalue weighted by Crippen LogP contribution is 2.23. The van der Waals surface area contributed by atoms with Crippen molar-refractivity contribution in [1.82, 2.24) is 0 Å². The van der Waals surface area contributed by atoms with Crippen molar-refractivity contribution in [3.05, 3.63) is 46.2 Å². The molecule has 18 heavy (non-hydrogen) atoms. The highest BCUT2D eigenvalue weighted by Gasteiger charge is 2.04. The van der Waals surface area contributed by atoms with E-state index in [0.29, 0.717) is 19.8 Å². The Morgan fingerprint density at radius 3 is 2.83 bits per heavy atom. The molecular formula is C14H17NO2S. The SMILES string of the molecule is CCOc1ccc(N)cc1COCc1cccs1. The van der Waals surface area contributed by atoms with Crippen molar-refractivity contribution in [2.75, 3.05) is 12.3 Å². The Bertz CT molecular complexity index is 483. The molecule has 1 heterocycles. The van der Waals surface area contributed by atoms with E-state index in [-0.39, 0.29) is 0 Å². The van der Waals surface area contributed by atoms with Gasteiger partial charge in [-0.2, -0.15) is 0 Å². The molecule has 0 aliphatic carbocycles. The monoisotopic (exact) mass is 263 g/mol. The molecule has 0 saturated carbocycles. The first-order valence-corrected chi connectivity index (χ1v) is 6.79. The minimum Gasteiger partial charge on any atom is -0.494 e. The van der Waals surface area contributed by atoms with Crippen molar-refractivity contribution in [2.45, 2.75) is 20.1 Å². The average Bonchev–Trinajstić information content (AvgIpc) is 2.86.